The molecule has 4 aromatic carbocycles. The van der Waals surface area contributed by atoms with Crippen LogP contribution in [0.2, 0.25) is 0 Å². The second kappa shape index (κ2) is 8.72. The van der Waals surface area contributed by atoms with E-state index >= 15 is 0 Å². The van der Waals surface area contributed by atoms with E-state index in [4.69, 9.17) is 0 Å². The fourth-order valence-corrected chi connectivity index (χ4v) is 5.34. The van der Waals surface area contributed by atoms with Gasteiger partial charge in [-0.15, -0.1) is 11.8 Å². The SMILES string of the molecule is CSc1c(Sc2cc(-c3ccccc3)ccc2C)cccc1-c1ccccc1. The summed E-state index contributed by atoms with van der Waals surface area (Å²) in [5, 5.41) is 0. The molecule has 0 nitrogen and oxygen atoms in total. The van der Waals surface area contributed by atoms with Gasteiger partial charge in [-0.2, -0.15) is 0 Å². The van der Waals surface area contributed by atoms with Crippen LogP contribution in [0, 0.1) is 6.92 Å². The lowest BCUT2D eigenvalue weighted by Gasteiger charge is -2.15. The average Bonchev–Trinajstić information content (AvgIpc) is 2.76. The van der Waals surface area contributed by atoms with Crippen LogP contribution in [0.4, 0.5) is 0 Å². The van der Waals surface area contributed by atoms with Gasteiger partial charge in [0, 0.05) is 14.7 Å². The lowest BCUT2D eigenvalue weighted by molar-refractivity contribution is 1.23. The molecule has 2 heteroatoms. The van der Waals surface area contributed by atoms with E-state index in [0.717, 1.165) is 0 Å². The molecule has 0 fully saturated rings. The summed E-state index contributed by atoms with van der Waals surface area (Å²) < 4.78 is 0. The Morgan fingerprint density at radius 1 is 0.571 bits per heavy atom. The summed E-state index contributed by atoms with van der Waals surface area (Å²) in [6.45, 7) is 2.19. The summed E-state index contributed by atoms with van der Waals surface area (Å²) >= 11 is 3.68. The van der Waals surface area contributed by atoms with Crippen LogP contribution in [0.5, 0.6) is 0 Å². The van der Waals surface area contributed by atoms with Crippen LogP contribution in [0.3, 0.4) is 0 Å². The highest BCUT2D eigenvalue weighted by Gasteiger charge is 2.12. The van der Waals surface area contributed by atoms with Crippen molar-refractivity contribution in [3.05, 3.63) is 103 Å². The Morgan fingerprint density at radius 3 is 1.93 bits per heavy atom. The van der Waals surface area contributed by atoms with Crippen LogP contribution in [-0.4, -0.2) is 6.26 Å². The van der Waals surface area contributed by atoms with Gasteiger partial charge in [-0.25, -0.2) is 0 Å². The maximum absolute atomic E-state index is 2.31. The highest BCUT2D eigenvalue weighted by atomic mass is 32.2. The number of benzene rings is 4. The van der Waals surface area contributed by atoms with Crippen LogP contribution in [-0.2, 0) is 0 Å². The smallest absolute Gasteiger partial charge is 0.0287 e. The Morgan fingerprint density at radius 2 is 1.25 bits per heavy atom. The third kappa shape index (κ3) is 4.04. The molecular formula is C26H22S2. The quantitative estimate of drug-likeness (QED) is 0.311. The summed E-state index contributed by atoms with van der Waals surface area (Å²) in [6.07, 6.45) is 2.17. The highest BCUT2D eigenvalue weighted by molar-refractivity contribution is 8.02. The van der Waals surface area contributed by atoms with Crippen molar-refractivity contribution in [3.8, 4) is 22.3 Å². The number of aryl methyl sites for hydroxylation is 1. The fourth-order valence-electron chi connectivity index (χ4n) is 3.29. The molecule has 0 aliphatic rings. The van der Waals surface area contributed by atoms with Crippen LogP contribution >= 0.6 is 23.5 Å². The van der Waals surface area contributed by atoms with Gasteiger partial charge in [0.2, 0.25) is 0 Å². The van der Waals surface area contributed by atoms with Crippen LogP contribution in [0.1, 0.15) is 5.56 Å². The van der Waals surface area contributed by atoms with Crippen molar-refractivity contribution in [1.29, 1.82) is 0 Å². The van der Waals surface area contributed by atoms with Crippen molar-refractivity contribution in [3.63, 3.8) is 0 Å². The molecule has 0 N–H and O–H groups in total. The molecule has 0 radical (unpaired) electrons. The number of thioether (sulfide) groups is 1. The van der Waals surface area contributed by atoms with Gasteiger partial charge in [-0.1, -0.05) is 96.7 Å². The van der Waals surface area contributed by atoms with Gasteiger partial charge in [0.1, 0.15) is 0 Å². The minimum Gasteiger partial charge on any atom is -0.128 e. The first kappa shape index (κ1) is 18.9. The van der Waals surface area contributed by atoms with Crippen LogP contribution < -0.4 is 0 Å². The standard InChI is InChI=1S/C26H22S2/c1-19-16-17-22(20-10-5-3-6-11-20)18-25(19)28-24-15-9-14-23(26(24)27-2)21-12-7-4-8-13-21/h3-18H,1-2H3. The second-order valence-corrected chi connectivity index (χ2v) is 8.55. The molecule has 0 aliphatic heterocycles. The molecule has 138 valence electrons. The Balaban J connectivity index is 1.74. The molecule has 0 saturated carbocycles. The van der Waals surface area contributed by atoms with Crippen LogP contribution in [0.15, 0.2) is 112 Å². The molecule has 4 rings (SSSR count). The molecule has 28 heavy (non-hydrogen) atoms. The minimum atomic E-state index is 1.26. The molecule has 0 unspecified atom stereocenters. The predicted molar refractivity (Wildman–Crippen MR) is 124 cm³/mol. The number of hydrogen-bond donors (Lipinski definition) is 0. The Labute approximate surface area is 176 Å². The second-order valence-electron chi connectivity index (χ2n) is 6.65. The molecular weight excluding hydrogens is 376 g/mol. The lowest BCUT2D eigenvalue weighted by atomic mass is 10.0. The van der Waals surface area contributed by atoms with Crippen molar-refractivity contribution in [2.45, 2.75) is 21.6 Å². The summed E-state index contributed by atoms with van der Waals surface area (Å²) in [7, 11) is 0. The van der Waals surface area contributed by atoms with Gasteiger partial charge in [-0.05, 0) is 53.1 Å². The molecule has 0 spiro atoms. The maximum Gasteiger partial charge on any atom is 0.0287 e. The molecule has 0 saturated heterocycles. The topological polar surface area (TPSA) is 0 Å². The first-order chi connectivity index (χ1) is 13.8. The van der Waals surface area contributed by atoms with E-state index in [-0.39, 0.29) is 0 Å². The minimum absolute atomic E-state index is 1.26. The van der Waals surface area contributed by atoms with Crippen molar-refractivity contribution >= 4 is 23.5 Å². The molecule has 0 bridgehead atoms. The van der Waals surface area contributed by atoms with Gasteiger partial charge in [-0.3, -0.25) is 0 Å². The first-order valence-electron chi connectivity index (χ1n) is 9.32. The zero-order chi connectivity index (χ0) is 19.3. The number of rotatable bonds is 5. The molecule has 4 aromatic rings. The normalized spacial score (nSPS) is 10.8. The van der Waals surface area contributed by atoms with E-state index in [0.29, 0.717) is 0 Å². The van der Waals surface area contributed by atoms with E-state index in [1.807, 2.05) is 23.5 Å². The lowest BCUT2D eigenvalue weighted by Crippen LogP contribution is -1.88. The molecule has 0 atom stereocenters. The summed E-state index contributed by atoms with van der Waals surface area (Å²) in [6, 6.07) is 34.6. The van der Waals surface area contributed by atoms with Crippen molar-refractivity contribution in [1.82, 2.24) is 0 Å². The first-order valence-corrected chi connectivity index (χ1v) is 11.4. The maximum atomic E-state index is 2.31. The van der Waals surface area contributed by atoms with Crippen molar-refractivity contribution < 1.29 is 0 Å². The fraction of sp³-hybridized carbons (Fsp3) is 0.0769. The predicted octanol–water partition coefficient (Wildman–Crippen LogP) is 8.20. The zero-order valence-electron chi connectivity index (χ0n) is 16.1. The zero-order valence-corrected chi connectivity index (χ0v) is 17.7. The third-order valence-corrected chi connectivity index (χ3v) is 6.98. The highest BCUT2D eigenvalue weighted by Crippen LogP contribution is 2.42. The third-order valence-electron chi connectivity index (χ3n) is 4.78. The van der Waals surface area contributed by atoms with E-state index in [1.165, 1.54) is 42.5 Å². The molecule has 0 aromatic heterocycles. The Bertz CT molecular complexity index is 1070. The van der Waals surface area contributed by atoms with Gasteiger partial charge in [0.15, 0.2) is 0 Å². The molecule has 0 heterocycles. The van der Waals surface area contributed by atoms with E-state index in [1.54, 1.807) is 0 Å². The summed E-state index contributed by atoms with van der Waals surface area (Å²) in [5.41, 5.74) is 6.40. The Kier molecular flexibility index (Phi) is 5.90. The van der Waals surface area contributed by atoms with Crippen LogP contribution in [0.25, 0.3) is 22.3 Å². The largest absolute Gasteiger partial charge is 0.128 e. The Hall–Kier alpha value is -2.42. The monoisotopic (exact) mass is 398 g/mol. The molecule has 0 amide bonds. The number of hydrogen-bond acceptors (Lipinski definition) is 2. The molecule has 0 aliphatic carbocycles. The summed E-state index contributed by atoms with van der Waals surface area (Å²) in [4.78, 5) is 3.95. The van der Waals surface area contributed by atoms with Gasteiger partial charge >= 0.3 is 0 Å². The van der Waals surface area contributed by atoms with Gasteiger partial charge in [0.05, 0.1) is 0 Å². The van der Waals surface area contributed by atoms with E-state index in [9.17, 15) is 0 Å². The van der Waals surface area contributed by atoms with Crippen molar-refractivity contribution in [2.75, 3.05) is 6.26 Å². The van der Waals surface area contributed by atoms with Gasteiger partial charge in [0.25, 0.3) is 0 Å². The van der Waals surface area contributed by atoms with Gasteiger partial charge < -0.3 is 0 Å². The average molecular weight is 399 g/mol. The van der Waals surface area contributed by atoms with E-state index in [2.05, 4.69) is 110 Å². The van der Waals surface area contributed by atoms with Crippen molar-refractivity contribution in [2.24, 2.45) is 0 Å². The summed E-state index contributed by atoms with van der Waals surface area (Å²) in [5.74, 6) is 0. The van der Waals surface area contributed by atoms with E-state index < -0.39 is 0 Å².